The second kappa shape index (κ2) is 10.1. The van der Waals surface area contributed by atoms with Crippen molar-refractivity contribution in [1.29, 1.82) is 0 Å². The van der Waals surface area contributed by atoms with Crippen molar-refractivity contribution in [2.75, 3.05) is 0 Å². The highest BCUT2D eigenvalue weighted by Crippen LogP contribution is 2.36. The minimum atomic E-state index is -0.544. The Kier molecular flexibility index (Phi) is 6.57. The zero-order chi connectivity index (χ0) is 24.2. The number of carbonyl (C=O) groups excluding carboxylic acids is 2. The molecule has 0 fully saturated rings. The summed E-state index contributed by atoms with van der Waals surface area (Å²) in [5, 5.41) is 7.38. The van der Waals surface area contributed by atoms with Gasteiger partial charge in [-0.15, -0.1) is 11.3 Å². The minimum absolute atomic E-state index is 0.194. The standard InChI is InChI=1S/C28H19ClN2O3S/c29-26-22-13-4-6-15-24(22)35-27(26)28(33)34-23-14-5-2-9-20(23)17-30-31-25(32)16-19-11-7-10-18-8-1-3-12-21(18)19/h1-15,17H,16H2,(H,31,32)/b30-17+. The first-order chi connectivity index (χ1) is 17.1. The van der Waals surface area contributed by atoms with Crippen LogP contribution in [0.1, 0.15) is 20.8 Å². The van der Waals surface area contributed by atoms with Crippen molar-refractivity contribution >= 4 is 61.9 Å². The van der Waals surface area contributed by atoms with Crippen molar-refractivity contribution in [2.45, 2.75) is 6.42 Å². The number of hydrogen-bond donors (Lipinski definition) is 1. The van der Waals surface area contributed by atoms with Crippen LogP contribution in [0, 0.1) is 0 Å². The number of nitrogens with zero attached hydrogens (tertiary/aromatic N) is 1. The molecule has 1 N–H and O–H groups in total. The summed E-state index contributed by atoms with van der Waals surface area (Å²) in [6.07, 6.45) is 1.65. The molecule has 1 heterocycles. The second-order valence-electron chi connectivity index (χ2n) is 7.78. The van der Waals surface area contributed by atoms with E-state index in [9.17, 15) is 9.59 Å². The average Bonchev–Trinajstić information content (AvgIpc) is 3.22. The van der Waals surface area contributed by atoms with Gasteiger partial charge in [0.05, 0.1) is 17.7 Å². The number of ether oxygens (including phenoxy) is 1. The lowest BCUT2D eigenvalue weighted by Gasteiger charge is -2.07. The Morgan fingerprint density at radius 1 is 0.886 bits per heavy atom. The number of hydrogen-bond acceptors (Lipinski definition) is 5. The molecule has 5 rings (SSSR count). The summed E-state index contributed by atoms with van der Waals surface area (Å²) in [5.41, 5.74) is 4.02. The highest BCUT2D eigenvalue weighted by atomic mass is 35.5. The molecule has 5 aromatic rings. The van der Waals surface area contributed by atoms with Gasteiger partial charge in [0, 0.05) is 15.6 Å². The highest BCUT2D eigenvalue weighted by molar-refractivity contribution is 7.21. The van der Waals surface area contributed by atoms with E-state index in [2.05, 4.69) is 10.5 Å². The number of amides is 1. The summed E-state index contributed by atoms with van der Waals surface area (Å²) >= 11 is 7.70. The number of fused-ring (bicyclic) bond motifs is 2. The number of esters is 1. The van der Waals surface area contributed by atoms with Crippen LogP contribution in [0.2, 0.25) is 5.02 Å². The zero-order valence-electron chi connectivity index (χ0n) is 18.4. The van der Waals surface area contributed by atoms with E-state index in [0.717, 1.165) is 26.4 Å². The van der Waals surface area contributed by atoms with E-state index in [1.807, 2.05) is 66.7 Å². The lowest BCUT2D eigenvalue weighted by atomic mass is 10.0. The third-order valence-electron chi connectivity index (χ3n) is 5.47. The maximum atomic E-state index is 12.8. The molecule has 35 heavy (non-hydrogen) atoms. The van der Waals surface area contributed by atoms with E-state index in [1.165, 1.54) is 17.6 Å². The van der Waals surface area contributed by atoms with Crippen LogP contribution >= 0.6 is 22.9 Å². The van der Waals surface area contributed by atoms with Crippen molar-refractivity contribution in [2.24, 2.45) is 5.10 Å². The summed E-state index contributed by atoms with van der Waals surface area (Å²) in [6, 6.07) is 28.3. The molecule has 0 atom stereocenters. The molecule has 0 bridgehead atoms. The van der Waals surface area contributed by atoms with Crippen molar-refractivity contribution < 1.29 is 14.3 Å². The summed E-state index contributed by atoms with van der Waals surface area (Å²) in [4.78, 5) is 25.7. The quantitative estimate of drug-likeness (QED) is 0.124. The Morgan fingerprint density at radius 3 is 2.46 bits per heavy atom. The summed E-state index contributed by atoms with van der Waals surface area (Å²) in [5.74, 6) is -0.473. The molecule has 0 aliphatic carbocycles. The van der Waals surface area contributed by atoms with Gasteiger partial charge in [-0.25, -0.2) is 10.2 Å². The summed E-state index contributed by atoms with van der Waals surface area (Å²) in [6.45, 7) is 0. The van der Waals surface area contributed by atoms with Crippen LogP contribution in [0.3, 0.4) is 0 Å². The molecule has 0 aliphatic rings. The van der Waals surface area contributed by atoms with E-state index in [1.54, 1.807) is 24.3 Å². The van der Waals surface area contributed by atoms with Gasteiger partial charge < -0.3 is 4.74 Å². The van der Waals surface area contributed by atoms with Crippen molar-refractivity contribution in [3.63, 3.8) is 0 Å². The van der Waals surface area contributed by atoms with Gasteiger partial charge in [-0.05, 0) is 34.5 Å². The number of rotatable bonds is 6. The van der Waals surface area contributed by atoms with Gasteiger partial charge in [0.1, 0.15) is 10.6 Å². The molecule has 1 aromatic heterocycles. The lowest BCUT2D eigenvalue weighted by Crippen LogP contribution is -2.20. The number of para-hydroxylation sites is 1. The normalized spacial score (nSPS) is 11.2. The third kappa shape index (κ3) is 4.94. The number of benzene rings is 4. The first-order valence-corrected chi connectivity index (χ1v) is 12.1. The molecule has 172 valence electrons. The molecule has 1 amide bonds. The molecule has 0 saturated heterocycles. The van der Waals surface area contributed by atoms with E-state index < -0.39 is 5.97 Å². The van der Waals surface area contributed by atoms with Crippen LogP contribution < -0.4 is 10.2 Å². The van der Waals surface area contributed by atoms with Gasteiger partial charge in [-0.2, -0.15) is 5.10 Å². The molecule has 7 heteroatoms. The highest BCUT2D eigenvalue weighted by Gasteiger charge is 2.19. The van der Waals surface area contributed by atoms with E-state index >= 15 is 0 Å². The predicted octanol–water partition coefficient (Wildman–Crippen LogP) is 6.62. The topological polar surface area (TPSA) is 67.8 Å². The van der Waals surface area contributed by atoms with Crippen LogP contribution in [-0.2, 0) is 11.2 Å². The fourth-order valence-electron chi connectivity index (χ4n) is 3.80. The van der Waals surface area contributed by atoms with Crippen molar-refractivity contribution in [3.8, 4) is 5.75 Å². The Bertz CT molecular complexity index is 1590. The van der Waals surface area contributed by atoms with E-state index in [4.69, 9.17) is 16.3 Å². The fourth-order valence-corrected chi connectivity index (χ4v) is 5.19. The van der Waals surface area contributed by atoms with Crippen LogP contribution in [0.15, 0.2) is 96.1 Å². The van der Waals surface area contributed by atoms with Gasteiger partial charge in [0.15, 0.2) is 0 Å². The number of hydrazone groups is 1. The van der Waals surface area contributed by atoms with E-state index in [-0.39, 0.29) is 12.3 Å². The molecule has 0 saturated carbocycles. The third-order valence-corrected chi connectivity index (χ3v) is 7.12. The number of halogens is 1. The van der Waals surface area contributed by atoms with Crippen molar-refractivity contribution in [1.82, 2.24) is 5.43 Å². The molecular weight excluding hydrogens is 480 g/mol. The first-order valence-electron chi connectivity index (χ1n) is 10.9. The maximum Gasteiger partial charge on any atom is 0.355 e. The molecular formula is C28H19ClN2O3S. The number of thiophene rings is 1. The maximum absolute atomic E-state index is 12.8. The van der Waals surface area contributed by atoms with Crippen molar-refractivity contribution in [3.05, 3.63) is 112 Å². The van der Waals surface area contributed by atoms with Crippen LogP contribution in [-0.4, -0.2) is 18.1 Å². The molecule has 4 aromatic carbocycles. The molecule has 0 radical (unpaired) electrons. The van der Waals surface area contributed by atoms with Gasteiger partial charge in [-0.3, -0.25) is 4.79 Å². The van der Waals surface area contributed by atoms with Crippen LogP contribution in [0.5, 0.6) is 5.75 Å². The smallest absolute Gasteiger partial charge is 0.355 e. The minimum Gasteiger partial charge on any atom is -0.422 e. The van der Waals surface area contributed by atoms with Gasteiger partial charge in [-0.1, -0.05) is 84.4 Å². The van der Waals surface area contributed by atoms with E-state index in [0.29, 0.717) is 21.2 Å². The summed E-state index contributed by atoms with van der Waals surface area (Å²) in [7, 11) is 0. The molecule has 0 aliphatic heterocycles. The molecule has 5 nitrogen and oxygen atoms in total. The fraction of sp³-hybridized carbons (Fsp3) is 0.0357. The zero-order valence-corrected chi connectivity index (χ0v) is 20.0. The Labute approximate surface area is 210 Å². The van der Waals surface area contributed by atoms with Gasteiger partial charge in [0.2, 0.25) is 5.91 Å². The first kappa shape index (κ1) is 22.8. The van der Waals surface area contributed by atoms with Crippen LogP contribution in [0.4, 0.5) is 0 Å². The Hall–Kier alpha value is -4.00. The monoisotopic (exact) mass is 498 g/mol. The van der Waals surface area contributed by atoms with Gasteiger partial charge in [0.25, 0.3) is 0 Å². The molecule has 0 unspecified atom stereocenters. The average molecular weight is 499 g/mol. The SMILES string of the molecule is O=C(Cc1cccc2ccccc12)N/N=C/c1ccccc1OC(=O)c1sc2ccccc2c1Cl. The second-order valence-corrected chi connectivity index (χ2v) is 9.21. The number of carbonyl (C=O) groups is 2. The predicted molar refractivity (Wildman–Crippen MR) is 142 cm³/mol. The Morgan fingerprint density at radius 2 is 1.60 bits per heavy atom. The van der Waals surface area contributed by atoms with Crippen LogP contribution in [0.25, 0.3) is 20.9 Å². The molecule has 0 spiro atoms. The van der Waals surface area contributed by atoms with Gasteiger partial charge >= 0.3 is 5.97 Å². The Balaban J connectivity index is 1.28. The number of nitrogens with one attached hydrogen (secondary N) is 1. The largest absolute Gasteiger partial charge is 0.422 e. The summed E-state index contributed by atoms with van der Waals surface area (Å²) < 4.78 is 6.54. The lowest BCUT2D eigenvalue weighted by molar-refractivity contribution is -0.120.